The zero-order valence-corrected chi connectivity index (χ0v) is 10.6. The third-order valence-electron chi connectivity index (χ3n) is 3.33. The lowest BCUT2D eigenvalue weighted by atomic mass is 9.80. The molecule has 0 aromatic rings. The summed E-state index contributed by atoms with van der Waals surface area (Å²) in [7, 11) is 0. The Morgan fingerprint density at radius 3 is 2.13 bits per heavy atom. The molecule has 2 heteroatoms. The van der Waals surface area contributed by atoms with E-state index in [1.807, 2.05) is 0 Å². The molecule has 0 unspecified atom stereocenters. The standard InChI is InChI=1S/C13H26O2/c1-10(2)11-5-7-12(8-6-11)15-9-13(3,4)14/h10-12,14H,5-9H2,1-4H3. The van der Waals surface area contributed by atoms with Crippen LogP contribution >= 0.6 is 0 Å². The third-order valence-corrected chi connectivity index (χ3v) is 3.33. The molecule has 1 rings (SSSR count). The molecular weight excluding hydrogens is 188 g/mol. The van der Waals surface area contributed by atoms with Gasteiger partial charge in [0.15, 0.2) is 0 Å². The van der Waals surface area contributed by atoms with E-state index >= 15 is 0 Å². The average molecular weight is 214 g/mol. The van der Waals surface area contributed by atoms with Crippen molar-refractivity contribution in [1.29, 1.82) is 0 Å². The molecule has 0 aromatic heterocycles. The van der Waals surface area contributed by atoms with E-state index in [1.54, 1.807) is 13.8 Å². The Kier molecular flexibility index (Phi) is 4.60. The molecule has 90 valence electrons. The van der Waals surface area contributed by atoms with E-state index in [9.17, 15) is 5.11 Å². The van der Waals surface area contributed by atoms with E-state index in [1.165, 1.54) is 25.7 Å². The first-order valence-corrected chi connectivity index (χ1v) is 6.22. The molecule has 1 N–H and O–H groups in total. The first kappa shape index (κ1) is 13.0. The summed E-state index contributed by atoms with van der Waals surface area (Å²) in [5.74, 6) is 1.69. The molecule has 0 bridgehead atoms. The summed E-state index contributed by atoms with van der Waals surface area (Å²) in [6.45, 7) is 8.68. The van der Waals surface area contributed by atoms with Crippen molar-refractivity contribution in [3.8, 4) is 0 Å². The van der Waals surface area contributed by atoms with Crippen LogP contribution in [0.2, 0.25) is 0 Å². The van der Waals surface area contributed by atoms with Crippen molar-refractivity contribution in [2.45, 2.75) is 65.1 Å². The Labute approximate surface area is 94.0 Å². The molecule has 0 radical (unpaired) electrons. The van der Waals surface area contributed by atoms with Gasteiger partial charge in [-0.25, -0.2) is 0 Å². The van der Waals surface area contributed by atoms with Crippen LogP contribution < -0.4 is 0 Å². The van der Waals surface area contributed by atoms with Crippen molar-refractivity contribution in [3.63, 3.8) is 0 Å². The van der Waals surface area contributed by atoms with E-state index in [0.29, 0.717) is 12.7 Å². The van der Waals surface area contributed by atoms with Gasteiger partial charge >= 0.3 is 0 Å². The van der Waals surface area contributed by atoms with Crippen LogP contribution in [0.3, 0.4) is 0 Å². The van der Waals surface area contributed by atoms with Crippen molar-refractivity contribution < 1.29 is 9.84 Å². The highest BCUT2D eigenvalue weighted by Crippen LogP contribution is 2.31. The molecule has 0 atom stereocenters. The second-order valence-corrected chi connectivity index (χ2v) is 5.90. The van der Waals surface area contributed by atoms with Crippen LogP contribution in [0.1, 0.15) is 53.4 Å². The maximum atomic E-state index is 9.56. The molecule has 1 aliphatic rings. The Hall–Kier alpha value is -0.0800. The highest BCUT2D eigenvalue weighted by atomic mass is 16.5. The Balaban J connectivity index is 2.20. The Morgan fingerprint density at radius 1 is 1.20 bits per heavy atom. The van der Waals surface area contributed by atoms with E-state index in [0.717, 1.165) is 11.8 Å². The predicted octanol–water partition coefficient (Wildman–Crippen LogP) is 2.99. The van der Waals surface area contributed by atoms with E-state index in [2.05, 4.69) is 13.8 Å². The van der Waals surface area contributed by atoms with E-state index < -0.39 is 5.60 Å². The minimum absolute atomic E-state index is 0.381. The molecule has 1 fully saturated rings. The van der Waals surface area contributed by atoms with Crippen LogP contribution in [0, 0.1) is 11.8 Å². The average Bonchev–Trinajstić information content (AvgIpc) is 2.14. The summed E-state index contributed by atoms with van der Waals surface area (Å²) in [5.41, 5.74) is -0.686. The normalized spacial score (nSPS) is 28.4. The minimum Gasteiger partial charge on any atom is -0.388 e. The van der Waals surface area contributed by atoms with Gasteiger partial charge in [-0.2, -0.15) is 0 Å². The summed E-state index contributed by atoms with van der Waals surface area (Å²) in [5, 5.41) is 9.56. The lowest BCUT2D eigenvalue weighted by Crippen LogP contribution is -2.32. The fourth-order valence-corrected chi connectivity index (χ4v) is 2.24. The number of hydrogen-bond acceptors (Lipinski definition) is 2. The minimum atomic E-state index is -0.686. The first-order chi connectivity index (χ1) is 6.88. The highest BCUT2D eigenvalue weighted by molar-refractivity contribution is 4.75. The molecule has 1 saturated carbocycles. The van der Waals surface area contributed by atoms with Crippen LogP contribution in [-0.4, -0.2) is 23.4 Å². The monoisotopic (exact) mass is 214 g/mol. The van der Waals surface area contributed by atoms with Crippen LogP contribution in [0.15, 0.2) is 0 Å². The topological polar surface area (TPSA) is 29.5 Å². The Bertz CT molecular complexity index is 173. The third kappa shape index (κ3) is 4.98. The SMILES string of the molecule is CC(C)C1CCC(OCC(C)(C)O)CC1. The molecule has 1 aliphatic carbocycles. The lowest BCUT2D eigenvalue weighted by molar-refractivity contribution is -0.0675. The van der Waals surface area contributed by atoms with Gasteiger partial charge in [-0.1, -0.05) is 13.8 Å². The quantitative estimate of drug-likeness (QED) is 0.779. The Morgan fingerprint density at radius 2 is 1.73 bits per heavy atom. The van der Waals surface area contributed by atoms with Crippen LogP contribution in [0.25, 0.3) is 0 Å². The van der Waals surface area contributed by atoms with Gasteiger partial charge in [0.2, 0.25) is 0 Å². The van der Waals surface area contributed by atoms with E-state index in [-0.39, 0.29) is 0 Å². The van der Waals surface area contributed by atoms with Crippen molar-refractivity contribution in [1.82, 2.24) is 0 Å². The summed E-state index contributed by atoms with van der Waals surface area (Å²) < 4.78 is 5.73. The second-order valence-electron chi connectivity index (χ2n) is 5.90. The van der Waals surface area contributed by atoms with Crippen LogP contribution in [0.4, 0.5) is 0 Å². The predicted molar refractivity (Wildman–Crippen MR) is 62.8 cm³/mol. The molecule has 0 heterocycles. The second kappa shape index (κ2) is 5.31. The van der Waals surface area contributed by atoms with Gasteiger partial charge in [-0.3, -0.25) is 0 Å². The lowest BCUT2D eigenvalue weighted by Gasteiger charge is -2.32. The summed E-state index contributed by atoms with van der Waals surface area (Å²) in [6, 6.07) is 0. The molecular formula is C13H26O2. The molecule has 0 aliphatic heterocycles. The van der Waals surface area contributed by atoms with Crippen molar-refractivity contribution in [2.24, 2.45) is 11.8 Å². The number of rotatable bonds is 4. The summed E-state index contributed by atoms with van der Waals surface area (Å²) in [6.07, 6.45) is 5.28. The summed E-state index contributed by atoms with van der Waals surface area (Å²) in [4.78, 5) is 0. The fraction of sp³-hybridized carbons (Fsp3) is 1.00. The molecule has 0 saturated heterocycles. The van der Waals surface area contributed by atoms with Crippen molar-refractivity contribution in [2.75, 3.05) is 6.61 Å². The van der Waals surface area contributed by atoms with Gasteiger partial charge < -0.3 is 9.84 Å². The smallest absolute Gasteiger partial charge is 0.0824 e. The van der Waals surface area contributed by atoms with Crippen molar-refractivity contribution >= 4 is 0 Å². The van der Waals surface area contributed by atoms with Crippen LogP contribution in [0.5, 0.6) is 0 Å². The fourth-order valence-electron chi connectivity index (χ4n) is 2.24. The van der Waals surface area contributed by atoms with Crippen LogP contribution in [-0.2, 0) is 4.74 Å². The van der Waals surface area contributed by atoms with Gasteiger partial charge in [0.05, 0.1) is 18.3 Å². The number of ether oxygens (including phenoxy) is 1. The molecule has 0 amide bonds. The van der Waals surface area contributed by atoms with Gasteiger partial charge in [0.25, 0.3) is 0 Å². The van der Waals surface area contributed by atoms with Gasteiger partial charge in [-0.05, 0) is 51.4 Å². The molecule has 0 aromatic carbocycles. The molecule has 0 spiro atoms. The zero-order valence-electron chi connectivity index (χ0n) is 10.6. The first-order valence-electron chi connectivity index (χ1n) is 6.22. The maximum absolute atomic E-state index is 9.56. The molecule has 2 nitrogen and oxygen atoms in total. The van der Waals surface area contributed by atoms with Gasteiger partial charge in [0.1, 0.15) is 0 Å². The van der Waals surface area contributed by atoms with Gasteiger partial charge in [-0.15, -0.1) is 0 Å². The zero-order chi connectivity index (χ0) is 11.5. The van der Waals surface area contributed by atoms with Crippen molar-refractivity contribution in [3.05, 3.63) is 0 Å². The summed E-state index contributed by atoms with van der Waals surface area (Å²) >= 11 is 0. The molecule has 15 heavy (non-hydrogen) atoms. The van der Waals surface area contributed by atoms with E-state index in [4.69, 9.17) is 4.74 Å². The highest BCUT2D eigenvalue weighted by Gasteiger charge is 2.25. The maximum Gasteiger partial charge on any atom is 0.0824 e. The number of aliphatic hydroxyl groups is 1. The largest absolute Gasteiger partial charge is 0.388 e. The van der Waals surface area contributed by atoms with Gasteiger partial charge in [0, 0.05) is 0 Å². The number of hydrogen-bond donors (Lipinski definition) is 1.